The molecule has 0 saturated carbocycles. The van der Waals surface area contributed by atoms with Crippen LogP contribution in [0.25, 0.3) is 0 Å². The second-order valence-electron chi connectivity index (χ2n) is 6.08. The molecule has 1 fully saturated rings. The number of pyridine rings is 1. The highest BCUT2D eigenvalue weighted by Crippen LogP contribution is 2.22. The van der Waals surface area contributed by atoms with Gasteiger partial charge in [-0.3, -0.25) is 9.78 Å². The van der Waals surface area contributed by atoms with Gasteiger partial charge in [0.1, 0.15) is 0 Å². The van der Waals surface area contributed by atoms with Crippen LogP contribution in [0.1, 0.15) is 23.4 Å². The first-order valence-corrected chi connectivity index (χ1v) is 8.98. The van der Waals surface area contributed by atoms with Gasteiger partial charge in [0.15, 0.2) is 0 Å². The van der Waals surface area contributed by atoms with Gasteiger partial charge in [0.25, 0.3) is 0 Å². The van der Waals surface area contributed by atoms with Gasteiger partial charge in [-0.15, -0.1) is 11.3 Å². The summed E-state index contributed by atoms with van der Waals surface area (Å²) in [6, 6.07) is 9.96. The van der Waals surface area contributed by atoms with E-state index in [1.807, 2.05) is 29.2 Å². The number of aromatic nitrogens is 1. The quantitative estimate of drug-likeness (QED) is 0.885. The van der Waals surface area contributed by atoms with Crippen LogP contribution in [0.3, 0.4) is 0 Å². The molecule has 1 amide bonds. The summed E-state index contributed by atoms with van der Waals surface area (Å²) in [5.41, 5.74) is 0.976. The fraction of sp³-hybridized carbons (Fsp3) is 0.444. The Bertz CT molecular complexity index is 615. The summed E-state index contributed by atoms with van der Waals surface area (Å²) < 4.78 is 0. The molecular formula is C18H22N2O2S. The maximum atomic E-state index is 12.3. The molecule has 4 nitrogen and oxygen atoms in total. The van der Waals surface area contributed by atoms with Crippen LogP contribution in [0.5, 0.6) is 0 Å². The highest BCUT2D eigenvalue weighted by molar-refractivity contribution is 7.09. The predicted molar refractivity (Wildman–Crippen MR) is 91.3 cm³/mol. The summed E-state index contributed by atoms with van der Waals surface area (Å²) in [5, 5.41) is 12.3. The number of nitrogens with zero attached hydrogens (tertiary/aromatic N) is 2. The molecule has 122 valence electrons. The van der Waals surface area contributed by atoms with E-state index in [-0.39, 0.29) is 11.8 Å². The number of likely N-dealkylation sites (tertiary alicyclic amines) is 1. The minimum absolute atomic E-state index is 0.0890. The van der Waals surface area contributed by atoms with Gasteiger partial charge < -0.3 is 10.0 Å². The third-order valence-electron chi connectivity index (χ3n) is 4.35. The Kier molecular flexibility index (Phi) is 5.41. The lowest BCUT2D eigenvalue weighted by Crippen LogP contribution is -2.29. The van der Waals surface area contributed by atoms with E-state index in [4.69, 9.17) is 0 Å². The number of aryl methyl sites for hydroxylation is 1. The van der Waals surface area contributed by atoms with E-state index < -0.39 is 6.10 Å². The normalized spacial score (nSPS) is 20.8. The Morgan fingerprint density at radius 2 is 2.22 bits per heavy atom. The van der Waals surface area contributed by atoms with Crippen LogP contribution in [0.2, 0.25) is 0 Å². The summed E-state index contributed by atoms with van der Waals surface area (Å²) in [6.07, 6.45) is 4.43. The number of amides is 1. The van der Waals surface area contributed by atoms with Crippen molar-refractivity contribution in [3.63, 3.8) is 0 Å². The number of β-amino-alcohol motifs (C(OH)–C–C–N with tert-alkyl or cyclic N) is 1. The number of thiophene rings is 1. The number of aliphatic hydroxyl groups excluding tert-OH is 1. The Morgan fingerprint density at radius 1 is 1.30 bits per heavy atom. The first-order valence-electron chi connectivity index (χ1n) is 8.10. The fourth-order valence-electron chi connectivity index (χ4n) is 3.07. The Balaban J connectivity index is 1.46. The van der Waals surface area contributed by atoms with Crippen molar-refractivity contribution in [1.82, 2.24) is 9.88 Å². The van der Waals surface area contributed by atoms with Crippen molar-refractivity contribution in [2.75, 3.05) is 13.1 Å². The topological polar surface area (TPSA) is 53.4 Å². The number of carbonyl (C=O) groups excluding carboxylic acids is 1. The number of aliphatic hydroxyl groups is 1. The van der Waals surface area contributed by atoms with Crippen LogP contribution in [-0.2, 0) is 17.6 Å². The van der Waals surface area contributed by atoms with Crippen molar-refractivity contribution >= 4 is 17.2 Å². The summed E-state index contributed by atoms with van der Waals surface area (Å²) in [6.45, 7) is 1.09. The van der Waals surface area contributed by atoms with Crippen molar-refractivity contribution in [3.05, 3.63) is 52.5 Å². The van der Waals surface area contributed by atoms with Gasteiger partial charge in [0.05, 0.1) is 6.10 Å². The van der Waals surface area contributed by atoms with Crippen molar-refractivity contribution < 1.29 is 9.90 Å². The molecule has 0 unspecified atom stereocenters. The maximum Gasteiger partial charge on any atom is 0.222 e. The smallest absolute Gasteiger partial charge is 0.222 e. The average Bonchev–Trinajstić information content (AvgIpc) is 3.19. The molecule has 1 saturated heterocycles. The van der Waals surface area contributed by atoms with Crippen LogP contribution >= 0.6 is 11.3 Å². The minimum Gasteiger partial charge on any atom is -0.391 e. The molecule has 3 rings (SSSR count). The van der Waals surface area contributed by atoms with Crippen LogP contribution in [0, 0.1) is 5.92 Å². The molecule has 1 N–H and O–H groups in total. The summed E-state index contributed by atoms with van der Waals surface area (Å²) >= 11 is 1.74. The molecule has 0 bridgehead atoms. The van der Waals surface area contributed by atoms with Gasteiger partial charge in [0.2, 0.25) is 5.91 Å². The summed E-state index contributed by atoms with van der Waals surface area (Å²) in [7, 11) is 0. The highest BCUT2D eigenvalue weighted by atomic mass is 32.1. The Morgan fingerprint density at radius 3 is 2.96 bits per heavy atom. The molecular weight excluding hydrogens is 308 g/mol. The molecule has 1 aliphatic heterocycles. The number of rotatable bonds is 6. The van der Waals surface area contributed by atoms with Crippen molar-refractivity contribution in [1.29, 1.82) is 0 Å². The van der Waals surface area contributed by atoms with E-state index in [0.29, 0.717) is 19.5 Å². The minimum atomic E-state index is -0.446. The monoisotopic (exact) mass is 330 g/mol. The molecule has 5 heteroatoms. The van der Waals surface area contributed by atoms with Gasteiger partial charge in [-0.2, -0.15) is 0 Å². The van der Waals surface area contributed by atoms with Gasteiger partial charge >= 0.3 is 0 Å². The van der Waals surface area contributed by atoms with Crippen LogP contribution in [0.4, 0.5) is 0 Å². The van der Waals surface area contributed by atoms with Gasteiger partial charge in [-0.25, -0.2) is 0 Å². The molecule has 2 atom stereocenters. The standard InChI is InChI=1S/C18H22N2O2S/c21-17-13-20(12-14(17)11-15-5-1-2-9-19-15)18(22)8-3-6-16-7-4-10-23-16/h1-2,4-5,7,9-10,14,17,21H,3,6,8,11-13H2/t14-,17-/m1/s1. The van der Waals surface area contributed by atoms with E-state index in [2.05, 4.69) is 16.4 Å². The molecule has 2 aromatic heterocycles. The molecule has 23 heavy (non-hydrogen) atoms. The summed E-state index contributed by atoms with van der Waals surface area (Å²) in [5.74, 6) is 0.246. The molecule has 1 aliphatic rings. The van der Waals surface area contributed by atoms with Crippen molar-refractivity contribution in [3.8, 4) is 0 Å². The number of hydrogen-bond acceptors (Lipinski definition) is 4. The second kappa shape index (κ2) is 7.70. The van der Waals surface area contributed by atoms with Crippen LogP contribution in [-0.4, -0.2) is 40.1 Å². The van der Waals surface area contributed by atoms with E-state index in [1.165, 1.54) is 4.88 Å². The van der Waals surface area contributed by atoms with Gasteiger partial charge in [-0.05, 0) is 42.8 Å². The number of hydrogen-bond donors (Lipinski definition) is 1. The third-order valence-corrected chi connectivity index (χ3v) is 5.29. The lowest BCUT2D eigenvalue weighted by Gasteiger charge is -2.16. The van der Waals surface area contributed by atoms with E-state index in [9.17, 15) is 9.90 Å². The maximum absolute atomic E-state index is 12.3. The van der Waals surface area contributed by atoms with Crippen LogP contribution < -0.4 is 0 Å². The molecule has 3 heterocycles. The Labute approximate surface area is 140 Å². The zero-order valence-corrected chi connectivity index (χ0v) is 13.9. The van der Waals surface area contributed by atoms with Crippen molar-refractivity contribution in [2.24, 2.45) is 5.92 Å². The first-order chi connectivity index (χ1) is 11.2. The lowest BCUT2D eigenvalue weighted by molar-refractivity contribution is -0.130. The zero-order chi connectivity index (χ0) is 16.1. The SMILES string of the molecule is O=C(CCCc1cccs1)N1C[C@@H](Cc2ccccn2)[C@H](O)C1. The highest BCUT2D eigenvalue weighted by Gasteiger charge is 2.33. The third kappa shape index (κ3) is 4.39. The Hall–Kier alpha value is -1.72. The van der Waals surface area contributed by atoms with E-state index in [1.54, 1.807) is 17.5 Å². The number of carbonyl (C=O) groups is 1. The van der Waals surface area contributed by atoms with Crippen molar-refractivity contribution in [2.45, 2.75) is 31.8 Å². The van der Waals surface area contributed by atoms with E-state index >= 15 is 0 Å². The molecule has 0 spiro atoms. The average molecular weight is 330 g/mol. The van der Waals surface area contributed by atoms with Crippen LogP contribution in [0.15, 0.2) is 41.9 Å². The molecule has 2 aromatic rings. The fourth-order valence-corrected chi connectivity index (χ4v) is 3.82. The first kappa shape index (κ1) is 16.1. The zero-order valence-electron chi connectivity index (χ0n) is 13.1. The molecule has 0 radical (unpaired) electrons. The lowest BCUT2D eigenvalue weighted by atomic mass is 10.00. The molecule has 0 aromatic carbocycles. The van der Waals surface area contributed by atoms with Gasteiger partial charge in [0, 0.05) is 42.2 Å². The second-order valence-corrected chi connectivity index (χ2v) is 7.12. The molecule has 0 aliphatic carbocycles. The van der Waals surface area contributed by atoms with E-state index in [0.717, 1.165) is 25.0 Å². The largest absolute Gasteiger partial charge is 0.391 e. The summed E-state index contributed by atoms with van der Waals surface area (Å²) in [4.78, 5) is 19.8. The predicted octanol–water partition coefficient (Wildman–Crippen LogP) is 2.53. The van der Waals surface area contributed by atoms with Gasteiger partial charge in [-0.1, -0.05) is 12.1 Å².